The summed E-state index contributed by atoms with van der Waals surface area (Å²) in [6, 6.07) is 6.09. The van der Waals surface area contributed by atoms with Crippen molar-refractivity contribution in [3.63, 3.8) is 0 Å². The number of hydrogen-bond acceptors (Lipinski definition) is 6. The maximum atomic E-state index is 11.6. The highest BCUT2D eigenvalue weighted by atomic mass is 16.6. The second-order valence-corrected chi connectivity index (χ2v) is 5.55. The summed E-state index contributed by atoms with van der Waals surface area (Å²) in [7, 11) is 0. The minimum Gasteiger partial charge on any atom is -0.465 e. The predicted octanol–water partition coefficient (Wildman–Crippen LogP) is 2.68. The number of oxime groups is 1. The average Bonchev–Trinajstić information content (AvgIpc) is 2.93. The van der Waals surface area contributed by atoms with E-state index in [9.17, 15) is 14.9 Å². The fourth-order valence-electron chi connectivity index (χ4n) is 1.99. The van der Waals surface area contributed by atoms with E-state index >= 15 is 0 Å². The summed E-state index contributed by atoms with van der Waals surface area (Å²) in [6.45, 7) is 4.33. The van der Waals surface area contributed by atoms with Gasteiger partial charge in [0.1, 0.15) is 6.10 Å². The zero-order chi connectivity index (χ0) is 16.1. The first kappa shape index (κ1) is 15.9. The maximum Gasteiger partial charge on any atom is 0.309 e. The molecule has 1 aliphatic rings. The molecule has 22 heavy (non-hydrogen) atoms. The van der Waals surface area contributed by atoms with E-state index in [4.69, 9.17) is 9.57 Å². The van der Waals surface area contributed by atoms with Crippen molar-refractivity contribution < 1.29 is 19.3 Å². The molecular weight excluding hydrogens is 288 g/mol. The Bertz CT molecular complexity index is 580. The molecule has 0 aromatic heterocycles. The molecule has 118 valence electrons. The molecule has 0 N–H and O–H groups in total. The summed E-state index contributed by atoms with van der Waals surface area (Å²) in [6.07, 6.45) is 0.284. The van der Waals surface area contributed by atoms with Crippen LogP contribution in [0.3, 0.4) is 0 Å². The van der Waals surface area contributed by atoms with Crippen molar-refractivity contribution >= 4 is 17.4 Å². The van der Waals surface area contributed by atoms with E-state index in [0.717, 1.165) is 5.56 Å². The topological polar surface area (TPSA) is 91.0 Å². The Kier molecular flexibility index (Phi) is 5.08. The minimum absolute atomic E-state index is 0.0251. The molecule has 1 atom stereocenters. The van der Waals surface area contributed by atoms with Crippen LogP contribution in [0.2, 0.25) is 0 Å². The van der Waals surface area contributed by atoms with Crippen molar-refractivity contribution in [2.24, 2.45) is 11.1 Å². The fraction of sp³-hybridized carbons (Fsp3) is 0.467. The average molecular weight is 306 g/mol. The normalized spacial score (nSPS) is 17.0. The van der Waals surface area contributed by atoms with E-state index in [1.54, 1.807) is 12.1 Å². The van der Waals surface area contributed by atoms with Crippen LogP contribution in [0, 0.1) is 16.0 Å². The standard InChI is InChI=1S/C15H18N2O5/c1-10(2)9-21-15(18)8-13-7-14(16-22-13)11-3-5-12(6-4-11)17(19)20/h3-6,10,13H,7-9H2,1-2H3. The van der Waals surface area contributed by atoms with E-state index in [1.807, 2.05) is 13.8 Å². The number of non-ortho nitro benzene ring substituents is 1. The number of carbonyl (C=O) groups is 1. The van der Waals surface area contributed by atoms with Crippen LogP contribution in [0.5, 0.6) is 0 Å². The molecule has 0 bridgehead atoms. The van der Waals surface area contributed by atoms with E-state index in [0.29, 0.717) is 24.7 Å². The Balaban J connectivity index is 1.86. The van der Waals surface area contributed by atoms with Gasteiger partial charge in [-0.2, -0.15) is 0 Å². The lowest BCUT2D eigenvalue weighted by Gasteiger charge is -2.09. The number of nitrogens with zero attached hydrogens (tertiary/aromatic N) is 2. The van der Waals surface area contributed by atoms with Crippen molar-refractivity contribution in [2.45, 2.75) is 32.8 Å². The smallest absolute Gasteiger partial charge is 0.309 e. The highest BCUT2D eigenvalue weighted by Crippen LogP contribution is 2.21. The van der Waals surface area contributed by atoms with Gasteiger partial charge >= 0.3 is 5.97 Å². The minimum atomic E-state index is -0.454. The first-order valence-corrected chi connectivity index (χ1v) is 7.09. The molecule has 0 radical (unpaired) electrons. The number of nitro groups is 1. The number of esters is 1. The first-order chi connectivity index (χ1) is 10.5. The van der Waals surface area contributed by atoms with Gasteiger partial charge in [0.25, 0.3) is 5.69 Å². The molecule has 1 unspecified atom stereocenters. The number of ether oxygens (including phenoxy) is 1. The van der Waals surface area contributed by atoms with E-state index in [2.05, 4.69) is 5.16 Å². The third-order valence-electron chi connectivity index (χ3n) is 3.12. The Morgan fingerprint density at radius 2 is 2.14 bits per heavy atom. The summed E-state index contributed by atoms with van der Waals surface area (Å²) < 4.78 is 5.10. The third kappa shape index (κ3) is 4.28. The highest BCUT2D eigenvalue weighted by Gasteiger charge is 2.25. The van der Waals surface area contributed by atoms with Gasteiger partial charge in [-0.05, 0) is 23.6 Å². The van der Waals surface area contributed by atoms with E-state index < -0.39 is 4.92 Å². The van der Waals surface area contributed by atoms with Gasteiger partial charge in [0.05, 0.1) is 23.7 Å². The lowest BCUT2D eigenvalue weighted by molar-refractivity contribution is -0.384. The van der Waals surface area contributed by atoms with Crippen molar-refractivity contribution in [3.8, 4) is 0 Å². The Morgan fingerprint density at radius 3 is 2.73 bits per heavy atom. The van der Waals surface area contributed by atoms with Crippen molar-refractivity contribution in [1.29, 1.82) is 0 Å². The number of hydrogen-bond donors (Lipinski definition) is 0. The van der Waals surface area contributed by atoms with Gasteiger partial charge in [0.15, 0.2) is 0 Å². The zero-order valence-electron chi connectivity index (χ0n) is 12.5. The largest absolute Gasteiger partial charge is 0.465 e. The number of nitro benzene ring substituents is 1. The zero-order valence-corrected chi connectivity index (χ0v) is 12.5. The summed E-state index contributed by atoms with van der Waals surface area (Å²) in [5.41, 5.74) is 1.46. The van der Waals surface area contributed by atoms with Gasteiger partial charge in [-0.3, -0.25) is 14.9 Å². The Hall–Kier alpha value is -2.44. The van der Waals surface area contributed by atoms with Crippen LogP contribution in [0.4, 0.5) is 5.69 Å². The number of benzene rings is 1. The SMILES string of the molecule is CC(C)COC(=O)CC1CC(c2ccc([N+](=O)[O-])cc2)=NO1. The molecular formula is C15H18N2O5. The Labute approximate surface area is 128 Å². The maximum absolute atomic E-state index is 11.6. The van der Waals surface area contributed by atoms with Crippen LogP contribution in [0.15, 0.2) is 29.4 Å². The summed E-state index contributed by atoms with van der Waals surface area (Å²) in [5, 5.41) is 14.6. The lowest BCUT2D eigenvalue weighted by Crippen LogP contribution is -2.18. The van der Waals surface area contributed by atoms with Crippen LogP contribution < -0.4 is 0 Å². The molecule has 0 spiro atoms. The van der Waals surface area contributed by atoms with Crippen LogP contribution in [-0.4, -0.2) is 29.3 Å². The molecule has 0 saturated heterocycles. The van der Waals surface area contributed by atoms with Crippen molar-refractivity contribution in [1.82, 2.24) is 0 Å². The molecule has 1 heterocycles. The first-order valence-electron chi connectivity index (χ1n) is 7.09. The molecule has 7 nitrogen and oxygen atoms in total. The van der Waals surface area contributed by atoms with Gasteiger partial charge in [-0.15, -0.1) is 0 Å². The van der Waals surface area contributed by atoms with Crippen LogP contribution in [0.25, 0.3) is 0 Å². The van der Waals surface area contributed by atoms with Gasteiger partial charge in [-0.1, -0.05) is 19.0 Å². The van der Waals surface area contributed by atoms with Gasteiger partial charge in [0, 0.05) is 18.6 Å². The van der Waals surface area contributed by atoms with Crippen LogP contribution >= 0.6 is 0 Å². The summed E-state index contributed by atoms with van der Waals surface area (Å²) in [5.74, 6) is -0.0146. The molecule has 0 amide bonds. The highest BCUT2D eigenvalue weighted by molar-refractivity contribution is 6.01. The second-order valence-electron chi connectivity index (χ2n) is 5.55. The monoisotopic (exact) mass is 306 g/mol. The molecule has 1 aromatic rings. The molecule has 0 fully saturated rings. The molecule has 0 saturated carbocycles. The van der Waals surface area contributed by atoms with Crippen LogP contribution in [0.1, 0.15) is 32.3 Å². The predicted molar refractivity (Wildman–Crippen MR) is 79.5 cm³/mol. The third-order valence-corrected chi connectivity index (χ3v) is 3.12. The summed E-state index contributed by atoms with van der Waals surface area (Å²) in [4.78, 5) is 27.0. The Morgan fingerprint density at radius 1 is 1.45 bits per heavy atom. The van der Waals surface area contributed by atoms with Gasteiger partial charge < -0.3 is 9.57 Å². The van der Waals surface area contributed by atoms with Crippen LogP contribution in [-0.2, 0) is 14.4 Å². The second kappa shape index (κ2) is 7.02. The van der Waals surface area contributed by atoms with Crippen molar-refractivity contribution in [3.05, 3.63) is 39.9 Å². The quantitative estimate of drug-likeness (QED) is 0.458. The molecule has 2 rings (SSSR count). The summed E-state index contributed by atoms with van der Waals surface area (Å²) >= 11 is 0. The lowest BCUT2D eigenvalue weighted by atomic mass is 10.0. The number of carbonyl (C=O) groups excluding carboxylic acids is 1. The molecule has 0 aliphatic carbocycles. The molecule has 1 aromatic carbocycles. The number of rotatable bonds is 6. The van der Waals surface area contributed by atoms with Gasteiger partial charge in [0.2, 0.25) is 0 Å². The van der Waals surface area contributed by atoms with E-state index in [1.165, 1.54) is 12.1 Å². The van der Waals surface area contributed by atoms with E-state index in [-0.39, 0.29) is 24.2 Å². The van der Waals surface area contributed by atoms with Crippen molar-refractivity contribution in [2.75, 3.05) is 6.61 Å². The fourth-order valence-corrected chi connectivity index (χ4v) is 1.99. The molecule has 1 aliphatic heterocycles. The molecule has 7 heteroatoms. The van der Waals surface area contributed by atoms with Gasteiger partial charge in [-0.25, -0.2) is 0 Å².